The van der Waals surface area contributed by atoms with Gasteiger partial charge in [-0.05, 0) is 25.0 Å². The van der Waals surface area contributed by atoms with Gasteiger partial charge in [0.15, 0.2) is 6.61 Å². The average molecular weight is 308 g/mol. The quantitative estimate of drug-likeness (QED) is 0.660. The SMILES string of the molecule is CC(O)CNC(=O)C(NC(=O)COc1ccccc1)C(C)C. The number of hydrogen-bond acceptors (Lipinski definition) is 4. The lowest BCUT2D eigenvalue weighted by molar-refractivity contribution is -0.131. The van der Waals surface area contributed by atoms with Crippen LogP contribution in [0.15, 0.2) is 30.3 Å². The van der Waals surface area contributed by atoms with E-state index in [4.69, 9.17) is 4.74 Å². The number of aliphatic hydroxyl groups is 1. The van der Waals surface area contributed by atoms with Crippen LogP contribution in [0.4, 0.5) is 0 Å². The molecule has 0 fully saturated rings. The fraction of sp³-hybridized carbons (Fsp3) is 0.500. The summed E-state index contributed by atoms with van der Waals surface area (Å²) in [5.41, 5.74) is 0. The van der Waals surface area contributed by atoms with E-state index in [1.165, 1.54) is 0 Å². The smallest absolute Gasteiger partial charge is 0.258 e. The number of carbonyl (C=O) groups excluding carboxylic acids is 2. The zero-order valence-corrected chi connectivity index (χ0v) is 13.2. The fourth-order valence-corrected chi connectivity index (χ4v) is 1.77. The molecule has 1 rings (SSSR count). The molecule has 0 aromatic heterocycles. The lowest BCUT2D eigenvalue weighted by Gasteiger charge is -2.22. The van der Waals surface area contributed by atoms with Crippen LogP contribution in [0.25, 0.3) is 0 Å². The molecular formula is C16H24N2O4. The van der Waals surface area contributed by atoms with Crippen molar-refractivity contribution >= 4 is 11.8 Å². The van der Waals surface area contributed by atoms with E-state index in [-0.39, 0.29) is 30.9 Å². The summed E-state index contributed by atoms with van der Waals surface area (Å²) in [5.74, 6) is -0.161. The summed E-state index contributed by atoms with van der Waals surface area (Å²) in [5, 5.41) is 14.4. The molecule has 122 valence electrons. The van der Waals surface area contributed by atoms with E-state index in [0.29, 0.717) is 5.75 Å². The van der Waals surface area contributed by atoms with Gasteiger partial charge in [-0.3, -0.25) is 9.59 Å². The molecule has 3 N–H and O–H groups in total. The number of amides is 2. The van der Waals surface area contributed by atoms with Gasteiger partial charge in [0.2, 0.25) is 5.91 Å². The maximum absolute atomic E-state index is 12.0. The maximum atomic E-state index is 12.0. The Labute approximate surface area is 130 Å². The van der Waals surface area contributed by atoms with Crippen LogP contribution < -0.4 is 15.4 Å². The van der Waals surface area contributed by atoms with E-state index in [0.717, 1.165) is 0 Å². The van der Waals surface area contributed by atoms with Gasteiger partial charge in [0.05, 0.1) is 6.10 Å². The topological polar surface area (TPSA) is 87.7 Å². The van der Waals surface area contributed by atoms with E-state index in [2.05, 4.69) is 10.6 Å². The van der Waals surface area contributed by atoms with Crippen molar-refractivity contribution in [2.24, 2.45) is 5.92 Å². The first-order valence-electron chi connectivity index (χ1n) is 7.33. The van der Waals surface area contributed by atoms with Crippen molar-refractivity contribution in [3.05, 3.63) is 30.3 Å². The standard InChI is InChI=1S/C16H24N2O4/c1-11(2)15(16(21)17-9-12(3)19)18-14(20)10-22-13-7-5-4-6-8-13/h4-8,11-12,15,19H,9-10H2,1-3H3,(H,17,21)(H,18,20). The first-order valence-corrected chi connectivity index (χ1v) is 7.33. The Morgan fingerprint density at radius 2 is 1.82 bits per heavy atom. The Bertz CT molecular complexity index is 474. The molecule has 0 spiro atoms. The second kappa shape index (κ2) is 9.04. The van der Waals surface area contributed by atoms with Crippen molar-refractivity contribution in [2.75, 3.05) is 13.2 Å². The minimum atomic E-state index is -0.661. The summed E-state index contributed by atoms with van der Waals surface area (Å²) >= 11 is 0. The summed E-state index contributed by atoms with van der Waals surface area (Å²) in [6.07, 6.45) is -0.631. The molecule has 2 amide bonds. The van der Waals surface area contributed by atoms with Crippen LogP contribution in [0.5, 0.6) is 5.75 Å². The maximum Gasteiger partial charge on any atom is 0.258 e. The van der Waals surface area contributed by atoms with E-state index < -0.39 is 12.1 Å². The summed E-state index contributed by atoms with van der Waals surface area (Å²) in [7, 11) is 0. The monoisotopic (exact) mass is 308 g/mol. The second-order valence-electron chi connectivity index (χ2n) is 5.49. The minimum Gasteiger partial charge on any atom is -0.484 e. The molecule has 1 aromatic rings. The Kier molecular flexibility index (Phi) is 7.39. The Hall–Kier alpha value is -2.08. The van der Waals surface area contributed by atoms with Crippen LogP contribution in [0, 0.1) is 5.92 Å². The van der Waals surface area contributed by atoms with Gasteiger partial charge in [-0.25, -0.2) is 0 Å². The minimum absolute atomic E-state index is 0.0744. The number of hydrogen-bond donors (Lipinski definition) is 3. The molecule has 0 heterocycles. The summed E-state index contributed by atoms with van der Waals surface area (Å²) in [4.78, 5) is 23.9. The molecule has 6 heteroatoms. The van der Waals surface area contributed by atoms with Gasteiger partial charge in [0, 0.05) is 6.54 Å². The highest BCUT2D eigenvalue weighted by molar-refractivity contribution is 5.88. The fourth-order valence-electron chi connectivity index (χ4n) is 1.77. The summed E-state index contributed by atoms with van der Waals surface area (Å²) in [6, 6.07) is 8.33. The Balaban J connectivity index is 2.48. The van der Waals surface area contributed by atoms with Crippen molar-refractivity contribution in [1.82, 2.24) is 10.6 Å². The van der Waals surface area contributed by atoms with Crippen LogP contribution in [-0.4, -0.2) is 42.2 Å². The molecule has 1 aromatic carbocycles. The number of rotatable bonds is 8. The van der Waals surface area contributed by atoms with Crippen LogP contribution >= 0.6 is 0 Å². The first-order chi connectivity index (χ1) is 10.4. The lowest BCUT2D eigenvalue weighted by Crippen LogP contribution is -2.51. The van der Waals surface area contributed by atoms with Gasteiger partial charge in [0.25, 0.3) is 5.91 Å². The molecule has 2 unspecified atom stereocenters. The molecule has 0 saturated heterocycles. The third-order valence-corrected chi connectivity index (χ3v) is 2.95. The molecule has 22 heavy (non-hydrogen) atoms. The third-order valence-electron chi connectivity index (χ3n) is 2.95. The van der Waals surface area contributed by atoms with Gasteiger partial charge in [-0.15, -0.1) is 0 Å². The van der Waals surface area contributed by atoms with Crippen molar-refractivity contribution < 1.29 is 19.4 Å². The van der Waals surface area contributed by atoms with E-state index >= 15 is 0 Å². The molecule has 0 aliphatic heterocycles. The number of para-hydroxylation sites is 1. The number of benzene rings is 1. The zero-order valence-electron chi connectivity index (χ0n) is 13.2. The van der Waals surface area contributed by atoms with E-state index in [1.54, 1.807) is 19.1 Å². The highest BCUT2D eigenvalue weighted by Gasteiger charge is 2.24. The molecule has 0 radical (unpaired) electrons. The molecule has 6 nitrogen and oxygen atoms in total. The second-order valence-corrected chi connectivity index (χ2v) is 5.49. The van der Waals surface area contributed by atoms with Crippen molar-refractivity contribution in [3.8, 4) is 5.75 Å². The van der Waals surface area contributed by atoms with Gasteiger partial charge in [-0.2, -0.15) is 0 Å². The van der Waals surface area contributed by atoms with Gasteiger partial charge < -0.3 is 20.5 Å². The van der Waals surface area contributed by atoms with Crippen molar-refractivity contribution in [3.63, 3.8) is 0 Å². The predicted octanol–water partition coefficient (Wildman–Crippen LogP) is 0.703. The highest BCUT2D eigenvalue weighted by atomic mass is 16.5. The molecule has 0 aliphatic carbocycles. The van der Waals surface area contributed by atoms with Gasteiger partial charge >= 0.3 is 0 Å². The van der Waals surface area contributed by atoms with Gasteiger partial charge in [0.1, 0.15) is 11.8 Å². The van der Waals surface area contributed by atoms with Crippen molar-refractivity contribution in [2.45, 2.75) is 32.9 Å². The number of nitrogens with one attached hydrogen (secondary N) is 2. The predicted molar refractivity (Wildman–Crippen MR) is 83.4 cm³/mol. The first kappa shape index (κ1) is 18.0. The number of aliphatic hydroxyl groups excluding tert-OH is 1. The summed E-state index contributed by atoms with van der Waals surface area (Å²) in [6.45, 7) is 5.25. The van der Waals surface area contributed by atoms with Crippen LogP contribution in [0.3, 0.4) is 0 Å². The molecule has 0 bridgehead atoms. The number of ether oxygens (including phenoxy) is 1. The summed E-state index contributed by atoms with van der Waals surface area (Å²) < 4.78 is 5.34. The van der Waals surface area contributed by atoms with Gasteiger partial charge in [-0.1, -0.05) is 32.0 Å². The highest BCUT2D eigenvalue weighted by Crippen LogP contribution is 2.08. The van der Waals surface area contributed by atoms with E-state index in [9.17, 15) is 14.7 Å². The average Bonchev–Trinajstić information content (AvgIpc) is 2.49. The molecular weight excluding hydrogens is 284 g/mol. The Morgan fingerprint density at radius 3 is 2.36 bits per heavy atom. The normalized spacial score (nSPS) is 13.3. The molecule has 0 saturated carbocycles. The molecule has 0 aliphatic rings. The van der Waals surface area contributed by atoms with Crippen LogP contribution in [-0.2, 0) is 9.59 Å². The largest absolute Gasteiger partial charge is 0.484 e. The number of carbonyl (C=O) groups is 2. The molecule has 2 atom stereocenters. The third kappa shape index (κ3) is 6.58. The zero-order chi connectivity index (χ0) is 16.5. The van der Waals surface area contributed by atoms with Crippen molar-refractivity contribution in [1.29, 1.82) is 0 Å². The lowest BCUT2D eigenvalue weighted by atomic mass is 10.0. The van der Waals surface area contributed by atoms with Crippen LogP contribution in [0.1, 0.15) is 20.8 Å². The van der Waals surface area contributed by atoms with E-state index in [1.807, 2.05) is 32.0 Å². The Morgan fingerprint density at radius 1 is 1.18 bits per heavy atom. The van der Waals surface area contributed by atoms with Crippen LogP contribution in [0.2, 0.25) is 0 Å².